The van der Waals surface area contributed by atoms with E-state index in [1.165, 1.54) is 21.7 Å². The van der Waals surface area contributed by atoms with Gasteiger partial charge in [0.05, 0.1) is 0 Å². The molecule has 3 nitrogen and oxygen atoms in total. The molecule has 0 radical (unpaired) electrons. The molecular weight excluding hydrogens is 426 g/mol. The van der Waals surface area contributed by atoms with Crippen LogP contribution in [-0.2, 0) is 0 Å². The van der Waals surface area contributed by atoms with E-state index in [-0.39, 0.29) is 5.28 Å². The third-order valence-electron chi connectivity index (χ3n) is 5.84. The van der Waals surface area contributed by atoms with Gasteiger partial charge in [0.25, 0.3) is 0 Å². The molecule has 1 heterocycles. The minimum atomic E-state index is 0.182. The molecule has 0 aliphatic heterocycles. The van der Waals surface area contributed by atoms with Gasteiger partial charge in [0.2, 0.25) is 5.28 Å². The minimum Gasteiger partial charge on any atom is -0.208 e. The van der Waals surface area contributed by atoms with E-state index < -0.39 is 0 Å². The fraction of sp³-hybridized carbons (Fsp3) is 0. The molecule has 0 N–H and O–H groups in total. The first-order chi connectivity index (χ1) is 16.2. The first kappa shape index (κ1) is 19.6. The molecule has 0 saturated heterocycles. The molecule has 0 amide bonds. The van der Waals surface area contributed by atoms with E-state index in [1.54, 1.807) is 0 Å². The van der Waals surface area contributed by atoms with Crippen LogP contribution < -0.4 is 0 Å². The van der Waals surface area contributed by atoms with Gasteiger partial charge in [-0.05, 0) is 56.4 Å². The molecular formula is C29H18ClN3. The van der Waals surface area contributed by atoms with Crippen molar-refractivity contribution in [2.45, 2.75) is 0 Å². The maximum absolute atomic E-state index is 6.29. The number of fused-ring (bicyclic) bond motifs is 2. The van der Waals surface area contributed by atoms with Gasteiger partial charge in [-0.25, -0.2) is 4.98 Å². The van der Waals surface area contributed by atoms with Gasteiger partial charge in [-0.2, -0.15) is 9.97 Å². The Morgan fingerprint density at radius 2 is 0.848 bits per heavy atom. The average molecular weight is 444 g/mol. The Balaban J connectivity index is 1.36. The van der Waals surface area contributed by atoms with Crippen molar-refractivity contribution in [1.82, 2.24) is 15.0 Å². The van der Waals surface area contributed by atoms with Crippen LogP contribution in [0.15, 0.2) is 109 Å². The molecule has 6 rings (SSSR count). The third kappa shape index (κ3) is 3.84. The van der Waals surface area contributed by atoms with Gasteiger partial charge in [0.15, 0.2) is 11.6 Å². The van der Waals surface area contributed by atoms with Crippen LogP contribution in [0, 0.1) is 0 Å². The number of hydrogen-bond donors (Lipinski definition) is 0. The summed E-state index contributed by atoms with van der Waals surface area (Å²) in [6.45, 7) is 0. The number of hydrogen-bond acceptors (Lipinski definition) is 3. The summed E-state index contributed by atoms with van der Waals surface area (Å²) < 4.78 is 0. The summed E-state index contributed by atoms with van der Waals surface area (Å²) in [5, 5.41) is 4.95. The maximum atomic E-state index is 6.29. The topological polar surface area (TPSA) is 38.7 Å². The molecule has 0 aliphatic rings. The van der Waals surface area contributed by atoms with Gasteiger partial charge in [0.1, 0.15) is 0 Å². The monoisotopic (exact) mass is 443 g/mol. The lowest BCUT2D eigenvalue weighted by Crippen LogP contribution is -1.97. The van der Waals surface area contributed by atoms with Crippen LogP contribution >= 0.6 is 11.6 Å². The molecule has 6 aromatic rings. The summed E-state index contributed by atoms with van der Waals surface area (Å²) in [4.78, 5) is 13.5. The van der Waals surface area contributed by atoms with Crippen molar-refractivity contribution in [3.63, 3.8) is 0 Å². The van der Waals surface area contributed by atoms with Gasteiger partial charge < -0.3 is 0 Å². The van der Waals surface area contributed by atoms with Crippen LogP contribution in [0.4, 0.5) is 0 Å². The van der Waals surface area contributed by atoms with Gasteiger partial charge >= 0.3 is 0 Å². The van der Waals surface area contributed by atoms with Gasteiger partial charge in [-0.3, -0.25) is 0 Å². The standard InChI is InChI=1S/C29H18ClN3/c30-29-32-27(31-28(33-29)26-16-12-20-6-2-4-8-24(20)18-26)22-13-9-21(10-14-22)25-15-11-19-5-1-3-7-23(19)17-25/h1-18H. The first-order valence-corrected chi connectivity index (χ1v) is 11.1. The van der Waals surface area contributed by atoms with Crippen LogP contribution in [0.1, 0.15) is 0 Å². The molecule has 1 aromatic heterocycles. The molecule has 0 saturated carbocycles. The zero-order chi connectivity index (χ0) is 22.2. The highest BCUT2D eigenvalue weighted by Crippen LogP contribution is 2.28. The lowest BCUT2D eigenvalue weighted by atomic mass is 10.0. The van der Waals surface area contributed by atoms with E-state index in [2.05, 4.69) is 88.8 Å². The Morgan fingerprint density at radius 1 is 0.394 bits per heavy atom. The van der Waals surface area contributed by atoms with Crippen molar-refractivity contribution >= 4 is 33.1 Å². The fourth-order valence-electron chi connectivity index (χ4n) is 4.12. The summed E-state index contributed by atoms with van der Waals surface area (Å²) in [5.41, 5.74) is 4.11. The van der Waals surface area contributed by atoms with Gasteiger partial charge in [-0.15, -0.1) is 0 Å². The van der Waals surface area contributed by atoms with Crippen LogP contribution in [0.3, 0.4) is 0 Å². The number of benzene rings is 5. The van der Waals surface area contributed by atoms with Crippen molar-refractivity contribution in [2.24, 2.45) is 0 Å². The smallest absolute Gasteiger partial charge is 0.208 e. The third-order valence-corrected chi connectivity index (χ3v) is 6.01. The molecule has 33 heavy (non-hydrogen) atoms. The molecule has 0 unspecified atom stereocenters. The molecule has 0 fully saturated rings. The van der Waals surface area contributed by atoms with Crippen molar-refractivity contribution < 1.29 is 0 Å². The lowest BCUT2D eigenvalue weighted by molar-refractivity contribution is 1.07. The van der Waals surface area contributed by atoms with Gasteiger partial charge in [0, 0.05) is 11.1 Å². The second kappa shape index (κ2) is 8.12. The summed E-state index contributed by atoms with van der Waals surface area (Å²) in [7, 11) is 0. The highest BCUT2D eigenvalue weighted by atomic mass is 35.5. The molecule has 0 spiro atoms. The zero-order valence-corrected chi connectivity index (χ0v) is 18.4. The molecule has 0 bridgehead atoms. The van der Waals surface area contributed by atoms with Crippen LogP contribution in [0.2, 0.25) is 5.28 Å². The van der Waals surface area contributed by atoms with E-state index in [0.717, 1.165) is 22.1 Å². The molecule has 5 aromatic carbocycles. The molecule has 4 heteroatoms. The summed E-state index contributed by atoms with van der Waals surface area (Å²) in [5.74, 6) is 1.12. The molecule has 0 atom stereocenters. The zero-order valence-electron chi connectivity index (χ0n) is 17.6. The van der Waals surface area contributed by atoms with Crippen molar-refractivity contribution in [2.75, 3.05) is 0 Å². The number of nitrogens with zero attached hydrogens (tertiary/aromatic N) is 3. The Bertz CT molecular complexity index is 1620. The van der Waals surface area contributed by atoms with Crippen molar-refractivity contribution in [1.29, 1.82) is 0 Å². The Kier molecular flexibility index (Phi) is 4.82. The number of rotatable bonds is 3. The normalized spacial score (nSPS) is 11.2. The van der Waals surface area contributed by atoms with E-state index in [1.807, 2.05) is 30.3 Å². The van der Waals surface area contributed by atoms with E-state index in [0.29, 0.717) is 11.6 Å². The van der Waals surface area contributed by atoms with Crippen LogP contribution in [0.5, 0.6) is 0 Å². The summed E-state index contributed by atoms with van der Waals surface area (Å²) in [6, 6.07) is 37.5. The van der Waals surface area contributed by atoms with E-state index >= 15 is 0 Å². The quantitative estimate of drug-likeness (QED) is 0.279. The van der Waals surface area contributed by atoms with Crippen LogP contribution in [-0.4, -0.2) is 15.0 Å². The lowest BCUT2D eigenvalue weighted by Gasteiger charge is -2.08. The largest absolute Gasteiger partial charge is 0.226 e. The first-order valence-electron chi connectivity index (χ1n) is 10.7. The second-order valence-corrected chi connectivity index (χ2v) is 8.29. The predicted molar refractivity (Wildman–Crippen MR) is 136 cm³/mol. The summed E-state index contributed by atoms with van der Waals surface area (Å²) >= 11 is 6.29. The molecule has 156 valence electrons. The number of halogens is 1. The minimum absolute atomic E-state index is 0.182. The fourth-order valence-corrected chi connectivity index (χ4v) is 4.28. The van der Waals surface area contributed by atoms with E-state index in [9.17, 15) is 0 Å². The van der Waals surface area contributed by atoms with Crippen molar-refractivity contribution in [3.8, 4) is 33.9 Å². The highest BCUT2D eigenvalue weighted by Gasteiger charge is 2.10. The Hall–Kier alpha value is -4.08. The Morgan fingerprint density at radius 3 is 1.48 bits per heavy atom. The van der Waals surface area contributed by atoms with E-state index in [4.69, 9.17) is 16.6 Å². The maximum Gasteiger partial charge on any atom is 0.226 e. The Labute approximate surface area is 196 Å². The van der Waals surface area contributed by atoms with Crippen LogP contribution in [0.25, 0.3) is 55.4 Å². The average Bonchev–Trinajstić information content (AvgIpc) is 2.88. The van der Waals surface area contributed by atoms with Crippen molar-refractivity contribution in [3.05, 3.63) is 114 Å². The number of aromatic nitrogens is 3. The highest BCUT2D eigenvalue weighted by molar-refractivity contribution is 6.28. The predicted octanol–water partition coefficient (Wildman–Crippen LogP) is 7.83. The van der Waals surface area contributed by atoms with Gasteiger partial charge in [-0.1, -0.05) is 97.1 Å². The second-order valence-electron chi connectivity index (χ2n) is 7.95. The molecule has 0 aliphatic carbocycles. The summed E-state index contributed by atoms with van der Waals surface area (Å²) in [6.07, 6.45) is 0. The SMILES string of the molecule is Clc1nc(-c2ccc(-c3ccc4ccccc4c3)cc2)nc(-c2ccc3ccccc3c2)n1.